The molecule has 2 aromatic rings. The van der Waals surface area contributed by atoms with Crippen molar-refractivity contribution in [2.45, 2.75) is 39.3 Å². The van der Waals surface area contributed by atoms with E-state index in [2.05, 4.69) is 28.0 Å². The Morgan fingerprint density at radius 1 is 1.27 bits per heavy atom. The number of nitrogens with zero attached hydrogens (tertiary/aromatic N) is 3. The number of imidazole rings is 1. The molecule has 0 aliphatic carbocycles. The normalized spacial score (nSPS) is 15.1. The van der Waals surface area contributed by atoms with E-state index in [0.717, 1.165) is 56.0 Å². The topological polar surface area (TPSA) is 59.4 Å². The van der Waals surface area contributed by atoms with Crippen LogP contribution in [0.25, 0.3) is 0 Å². The first kappa shape index (κ1) is 18.3. The number of hydrogen-bond acceptors (Lipinski definition) is 3. The van der Waals surface area contributed by atoms with Crippen LogP contribution in [0.5, 0.6) is 5.75 Å². The van der Waals surface area contributed by atoms with Gasteiger partial charge in [0, 0.05) is 45.0 Å². The SMILES string of the molecule is CCc1nccn1CC1CCN(C(=O)NCc2ccc(OC)cc2)CC1. The number of methoxy groups -OCH3 is 1. The number of nitrogens with one attached hydrogen (secondary N) is 1. The molecule has 2 amide bonds. The van der Waals surface area contributed by atoms with Crippen molar-refractivity contribution in [2.24, 2.45) is 5.92 Å². The molecular formula is C20H28N4O2. The number of hydrogen-bond donors (Lipinski definition) is 1. The molecule has 0 saturated carbocycles. The van der Waals surface area contributed by atoms with Gasteiger partial charge in [-0.05, 0) is 36.5 Å². The van der Waals surface area contributed by atoms with Crippen molar-refractivity contribution < 1.29 is 9.53 Å². The van der Waals surface area contributed by atoms with Gasteiger partial charge in [0.15, 0.2) is 0 Å². The second kappa shape index (κ2) is 8.74. The van der Waals surface area contributed by atoms with Gasteiger partial charge >= 0.3 is 6.03 Å². The molecule has 0 spiro atoms. The highest BCUT2D eigenvalue weighted by atomic mass is 16.5. The number of amides is 2. The van der Waals surface area contributed by atoms with Crippen LogP contribution in [0.15, 0.2) is 36.7 Å². The molecule has 1 N–H and O–H groups in total. The van der Waals surface area contributed by atoms with Gasteiger partial charge in [0.2, 0.25) is 0 Å². The highest BCUT2D eigenvalue weighted by Gasteiger charge is 2.23. The summed E-state index contributed by atoms with van der Waals surface area (Å²) in [5.74, 6) is 2.58. The van der Waals surface area contributed by atoms with Crippen molar-refractivity contribution >= 4 is 6.03 Å². The number of carbonyl (C=O) groups is 1. The third kappa shape index (κ3) is 4.56. The second-order valence-electron chi connectivity index (χ2n) is 6.79. The van der Waals surface area contributed by atoms with E-state index in [-0.39, 0.29) is 6.03 Å². The molecule has 0 unspecified atom stereocenters. The summed E-state index contributed by atoms with van der Waals surface area (Å²) in [6.45, 7) is 5.31. The number of likely N-dealkylation sites (tertiary alicyclic amines) is 1. The minimum Gasteiger partial charge on any atom is -0.497 e. The Kier molecular flexibility index (Phi) is 6.15. The van der Waals surface area contributed by atoms with Gasteiger partial charge in [-0.25, -0.2) is 9.78 Å². The number of piperidine rings is 1. The summed E-state index contributed by atoms with van der Waals surface area (Å²) in [6, 6.07) is 7.79. The van der Waals surface area contributed by atoms with E-state index in [1.165, 1.54) is 0 Å². The zero-order valence-corrected chi connectivity index (χ0v) is 15.6. The number of ether oxygens (including phenoxy) is 1. The van der Waals surface area contributed by atoms with E-state index in [9.17, 15) is 4.79 Å². The van der Waals surface area contributed by atoms with Crippen LogP contribution in [0.4, 0.5) is 4.79 Å². The Morgan fingerprint density at radius 2 is 2.00 bits per heavy atom. The minimum absolute atomic E-state index is 0.0242. The lowest BCUT2D eigenvalue weighted by molar-refractivity contribution is 0.165. The second-order valence-corrected chi connectivity index (χ2v) is 6.79. The van der Waals surface area contributed by atoms with Crippen LogP contribution in [0.3, 0.4) is 0 Å². The maximum absolute atomic E-state index is 12.4. The van der Waals surface area contributed by atoms with Crippen LogP contribution in [-0.2, 0) is 19.5 Å². The molecule has 2 heterocycles. The van der Waals surface area contributed by atoms with Gasteiger partial charge in [0.05, 0.1) is 7.11 Å². The molecule has 0 atom stereocenters. The van der Waals surface area contributed by atoms with Crippen LogP contribution >= 0.6 is 0 Å². The van der Waals surface area contributed by atoms with E-state index in [1.807, 2.05) is 35.4 Å². The highest BCUT2D eigenvalue weighted by molar-refractivity contribution is 5.74. The largest absolute Gasteiger partial charge is 0.497 e. The summed E-state index contributed by atoms with van der Waals surface area (Å²) in [5.41, 5.74) is 1.07. The van der Waals surface area contributed by atoms with Crippen LogP contribution in [0.2, 0.25) is 0 Å². The van der Waals surface area contributed by atoms with Crippen molar-refractivity contribution in [3.63, 3.8) is 0 Å². The average Bonchev–Trinajstić information content (AvgIpc) is 3.14. The predicted molar refractivity (Wildman–Crippen MR) is 101 cm³/mol. The van der Waals surface area contributed by atoms with E-state index >= 15 is 0 Å². The quantitative estimate of drug-likeness (QED) is 0.865. The lowest BCUT2D eigenvalue weighted by Crippen LogP contribution is -2.44. The molecule has 1 aromatic carbocycles. The van der Waals surface area contributed by atoms with E-state index in [0.29, 0.717) is 12.5 Å². The summed E-state index contributed by atoms with van der Waals surface area (Å²) in [4.78, 5) is 18.7. The van der Waals surface area contributed by atoms with Gasteiger partial charge in [-0.2, -0.15) is 0 Å². The zero-order valence-electron chi connectivity index (χ0n) is 15.6. The van der Waals surface area contributed by atoms with Gasteiger partial charge in [-0.1, -0.05) is 19.1 Å². The first-order valence-electron chi connectivity index (χ1n) is 9.35. The van der Waals surface area contributed by atoms with Crippen molar-refractivity contribution in [3.05, 3.63) is 48.0 Å². The Morgan fingerprint density at radius 3 is 2.65 bits per heavy atom. The van der Waals surface area contributed by atoms with Crippen molar-refractivity contribution in [1.82, 2.24) is 19.8 Å². The van der Waals surface area contributed by atoms with Crippen LogP contribution < -0.4 is 10.1 Å². The molecule has 1 fully saturated rings. The van der Waals surface area contributed by atoms with Crippen LogP contribution in [-0.4, -0.2) is 40.7 Å². The smallest absolute Gasteiger partial charge is 0.317 e. The summed E-state index contributed by atoms with van der Waals surface area (Å²) in [6.07, 6.45) is 6.97. The first-order valence-corrected chi connectivity index (χ1v) is 9.35. The molecule has 1 aliphatic heterocycles. The third-order valence-corrected chi connectivity index (χ3v) is 5.08. The van der Waals surface area contributed by atoms with Gasteiger partial charge < -0.3 is 19.5 Å². The zero-order chi connectivity index (χ0) is 18.4. The maximum atomic E-state index is 12.4. The van der Waals surface area contributed by atoms with Crippen molar-refractivity contribution in [1.29, 1.82) is 0 Å². The molecule has 6 heteroatoms. The maximum Gasteiger partial charge on any atom is 0.317 e. The molecule has 1 aliphatic rings. The molecular weight excluding hydrogens is 328 g/mol. The average molecular weight is 356 g/mol. The fourth-order valence-corrected chi connectivity index (χ4v) is 3.45. The molecule has 3 rings (SSSR count). The minimum atomic E-state index is 0.0242. The van der Waals surface area contributed by atoms with Gasteiger partial charge in [0.25, 0.3) is 0 Å². The summed E-state index contributed by atoms with van der Waals surface area (Å²) in [7, 11) is 1.65. The van der Waals surface area contributed by atoms with Gasteiger partial charge in [-0.3, -0.25) is 0 Å². The first-order chi connectivity index (χ1) is 12.7. The fourth-order valence-electron chi connectivity index (χ4n) is 3.45. The van der Waals surface area contributed by atoms with Crippen molar-refractivity contribution in [3.8, 4) is 5.75 Å². The van der Waals surface area contributed by atoms with Gasteiger partial charge in [-0.15, -0.1) is 0 Å². The Balaban J connectivity index is 1.43. The molecule has 0 bridgehead atoms. The molecule has 0 radical (unpaired) electrons. The van der Waals surface area contributed by atoms with Crippen LogP contribution in [0, 0.1) is 5.92 Å². The van der Waals surface area contributed by atoms with Crippen molar-refractivity contribution in [2.75, 3.05) is 20.2 Å². The number of urea groups is 1. The number of rotatable bonds is 6. The fraction of sp³-hybridized carbons (Fsp3) is 0.500. The Labute approximate surface area is 155 Å². The summed E-state index contributed by atoms with van der Waals surface area (Å²) >= 11 is 0. The number of aromatic nitrogens is 2. The Hall–Kier alpha value is -2.50. The molecule has 1 aromatic heterocycles. The molecule has 140 valence electrons. The number of aryl methyl sites for hydroxylation is 1. The third-order valence-electron chi connectivity index (χ3n) is 5.08. The number of benzene rings is 1. The van der Waals surface area contributed by atoms with Gasteiger partial charge in [0.1, 0.15) is 11.6 Å². The van der Waals surface area contributed by atoms with Crippen LogP contribution in [0.1, 0.15) is 31.2 Å². The van der Waals surface area contributed by atoms with E-state index in [4.69, 9.17) is 4.74 Å². The molecule has 6 nitrogen and oxygen atoms in total. The predicted octanol–water partition coefficient (Wildman–Crippen LogP) is 3.08. The van der Waals surface area contributed by atoms with E-state index in [1.54, 1.807) is 7.11 Å². The number of carbonyl (C=O) groups excluding carboxylic acids is 1. The molecule has 26 heavy (non-hydrogen) atoms. The molecule has 1 saturated heterocycles. The lowest BCUT2D eigenvalue weighted by atomic mass is 9.97. The van der Waals surface area contributed by atoms with E-state index < -0.39 is 0 Å². The Bertz CT molecular complexity index is 703. The highest BCUT2D eigenvalue weighted by Crippen LogP contribution is 2.20. The standard InChI is InChI=1S/C20H28N4O2/c1-3-19-21-10-13-24(19)15-17-8-11-23(12-9-17)20(25)22-14-16-4-6-18(26-2)7-5-16/h4-7,10,13,17H,3,8-9,11-12,14-15H2,1-2H3,(H,22,25). The lowest BCUT2D eigenvalue weighted by Gasteiger charge is -2.32. The summed E-state index contributed by atoms with van der Waals surface area (Å²) < 4.78 is 7.40. The summed E-state index contributed by atoms with van der Waals surface area (Å²) in [5, 5.41) is 3.02. The monoisotopic (exact) mass is 356 g/mol.